The van der Waals surface area contributed by atoms with Crippen LogP contribution in [0, 0.1) is 0 Å². The van der Waals surface area contributed by atoms with Gasteiger partial charge in [0.05, 0.1) is 0 Å². The molecule has 2 saturated carbocycles. The van der Waals surface area contributed by atoms with Crippen LogP contribution in [0.3, 0.4) is 0 Å². The van der Waals surface area contributed by atoms with Crippen molar-refractivity contribution < 1.29 is 19.1 Å². The number of nitrogens with one attached hydrogen (secondary N) is 2. The summed E-state index contributed by atoms with van der Waals surface area (Å²) in [5, 5.41) is 5.53. The molecular weight excluding hydrogens is 508 g/mol. The number of hydrogen-bond acceptors (Lipinski definition) is 4. The number of hydrogen-bond donors (Lipinski definition) is 2. The monoisotopic (exact) mass is 544 g/mol. The molecule has 0 saturated heterocycles. The summed E-state index contributed by atoms with van der Waals surface area (Å²) in [5.41, 5.74) is 3.23. The van der Waals surface area contributed by atoms with Crippen LogP contribution < -0.4 is 10.6 Å². The van der Waals surface area contributed by atoms with Crippen molar-refractivity contribution in [3.63, 3.8) is 0 Å². The number of benzene rings is 2. The molecule has 2 aromatic carbocycles. The van der Waals surface area contributed by atoms with Crippen LogP contribution in [0.25, 0.3) is 0 Å². The van der Waals surface area contributed by atoms with Crippen molar-refractivity contribution >= 4 is 39.5 Å². The van der Waals surface area contributed by atoms with Crippen LogP contribution in [0.15, 0.2) is 46.9 Å². The summed E-state index contributed by atoms with van der Waals surface area (Å²) in [5.74, 6) is 1.33. The second-order valence-electron chi connectivity index (χ2n) is 11.2. The maximum absolute atomic E-state index is 11.7. The highest BCUT2D eigenvalue weighted by Crippen LogP contribution is 2.44. The number of anilines is 2. The fraction of sp³-hybridized carbons (Fsp3) is 0.500. The normalized spacial score (nSPS) is 15.4. The Morgan fingerprint density at radius 1 is 0.771 bits per heavy atom. The third-order valence-electron chi connectivity index (χ3n) is 5.24. The molecule has 7 heteroatoms. The first-order valence-corrected chi connectivity index (χ1v) is 13.0. The summed E-state index contributed by atoms with van der Waals surface area (Å²) >= 11 is 3.54. The molecule has 35 heavy (non-hydrogen) atoms. The van der Waals surface area contributed by atoms with Crippen LogP contribution in [0.5, 0.6) is 0 Å². The van der Waals surface area contributed by atoms with Crippen molar-refractivity contribution in [1.82, 2.24) is 0 Å². The highest BCUT2D eigenvalue weighted by Gasteiger charge is 2.26. The number of carbonyl (C=O) groups excluding carboxylic acids is 2. The van der Waals surface area contributed by atoms with Gasteiger partial charge < -0.3 is 9.47 Å². The van der Waals surface area contributed by atoms with Crippen LogP contribution in [-0.4, -0.2) is 23.4 Å². The Kier molecular flexibility index (Phi) is 8.52. The fourth-order valence-corrected chi connectivity index (χ4v) is 4.03. The van der Waals surface area contributed by atoms with Crippen LogP contribution in [0.4, 0.5) is 21.0 Å². The van der Waals surface area contributed by atoms with Crippen molar-refractivity contribution in [3.05, 3.63) is 58.1 Å². The topological polar surface area (TPSA) is 76.7 Å². The Bertz CT molecular complexity index is 1050. The summed E-state index contributed by atoms with van der Waals surface area (Å²) in [6.45, 7) is 11.1. The minimum atomic E-state index is -0.473. The van der Waals surface area contributed by atoms with Gasteiger partial charge in [-0.1, -0.05) is 28.1 Å². The molecule has 0 atom stereocenters. The molecule has 2 aliphatic carbocycles. The van der Waals surface area contributed by atoms with E-state index in [9.17, 15) is 9.59 Å². The van der Waals surface area contributed by atoms with Crippen LogP contribution >= 0.6 is 15.9 Å². The molecule has 6 nitrogen and oxygen atoms in total. The summed E-state index contributed by atoms with van der Waals surface area (Å²) in [6.07, 6.45) is 4.17. The Balaban J connectivity index is 0.000000196. The lowest BCUT2D eigenvalue weighted by Crippen LogP contribution is -2.27. The van der Waals surface area contributed by atoms with Crippen molar-refractivity contribution in [1.29, 1.82) is 0 Å². The molecule has 0 bridgehead atoms. The van der Waals surface area contributed by atoms with E-state index >= 15 is 0 Å². The lowest BCUT2D eigenvalue weighted by atomic mass is 10.1. The Hall–Kier alpha value is -2.54. The quantitative estimate of drug-likeness (QED) is 0.403. The fourth-order valence-electron chi connectivity index (χ4n) is 3.46. The van der Waals surface area contributed by atoms with E-state index in [1.165, 1.54) is 36.8 Å². The van der Waals surface area contributed by atoms with Crippen molar-refractivity contribution in [3.8, 4) is 0 Å². The predicted octanol–water partition coefficient (Wildman–Crippen LogP) is 8.58. The summed E-state index contributed by atoms with van der Waals surface area (Å²) in [6, 6.07) is 13.9. The minimum Gasteiger partial charge on any atom is -0.444 e. The Labute approximate surface area is 217 Å². The van der Waals surface area contributed by atoms with Crippen molar-refractivity contribution in [2.24, 2.45) is 0 Å². The van der Waals surface area contributed by atoms with Crippen LogP contribution in [-0.2, 0) is 9.47 Å². The zero-order chi connectivity index (χ0) is 25.8. The van der Waals surface area contributed by atoms with Gasteiger partial charge in [0, 0.05) is 15.8 Å². The third-order valence-corrected chi connectivity index (χ3v) is 5.96. The van der Waals surface area contributed by atoms with E-state index in [2.05, 4.69) is 32.6 Å². The molecule has 4 rings (SSSR count). The molecule has 2 amide bonds. The zero-order valence-electron chi connectivity index (χ0n) is 21.5. The zero-order valence-corrected chi connectivity index (χ0v) is 23.1. The summed E-state index contributed by atoms with van der Waals surface area (Å²) < 4.78 is 11.5. The minimum absolute atomic E-state index is 0.398. The number of amides is 2. The van der Waals surface area contributed by atoms with E-state index in [0.717, 1.165) is 15.8 Å². The standard InChI is InChI=1S/C14H18BrNO2.C14H19NO2/c1-14(2,3)18-13(17)16-10-6-7-12(15)11(8-10)9-4-5-9;1-14(2,3)17-13(16)15-12-6-4-5-11(9-12)10-7-8-10/h6-9H,4-5H2,1-3H3,(H,16,17);4-6,9-10H,7-8H2,1-3H3,(H,15,16). The first-order chi connectivity index (χ1) is 16.3. The van der Waals surface area contributed by atoms with E-state index in [4.69, 9.17) is 9.47 Å². The van der Waals surface area contributed by atoms with Gasteiger partial charge in [-0.2, -0.15) is 0 Å². The maximum Gasteiger partial charge on any atom is 0.412 e. The number of ether oxygens (including phenoxy) is 2. The number of rotatable bonds is 4. The van der Waals surface area contributed by atoms with Gasteiger partial charge in [0.25, 0.3) is 0 Å². The lowest BCUT2D eigenvalue weighted by molar-refractivity contribution is 0.0624. The summed E-state index contributed by atoms with van der Waals surface area (Å²) in [4.78, 5) is 23.3. The molecule has 0 unspecified atom stereocenters. The average molecular weight is 546 g/mol. The largest absolute Gasteiger partial charge is 0.444 e. The van der Waals surface area contributed by atoms with Crippen molar-refractivity contribution in [2.75, 3.05) is 10.6 Å². The third kappa shape index (κ3) is 9.92. The number of halogens is 1. The van der Waals surface area contributed by atoms with Gasteiger partial charge in [0.2, 0.25) is 0 Å². The molecule has 2 aliphatic rings. The maximum atomic E-state index is 11.7. The van der Waals surface area contributed by atoms with E-state index in [-0.39, 0.29) is 0 Å². The number of carbonyl (C=O) groups is 2. The van der Waals surface area contributed by atoms with Gasteiger partial charge >= 0.3 is 12.2 Å². The first kappa shape index (κ1) is 27.1. The smallest absolute Gasteiger partial charge is 0.412 e. The van der Waals surface area contributed by atoms with Gasteiger partial charge in [0.1, 0.15) is 11.2 Å². The van der Waals surface area contributed by atoms with Crippen molar-refractivity contribution in [2.45, 2.75) is 90.3 Å². The van der Waals surface area contributed by atoms with E-state index in [1.54, 1.807) is 0 Å². The van der Waals surface area contributed by atoms with Gasteiger partial charge in [-0.25, -0.2) is 9.59 Å². The lowest BCUT2D eigenvalue weighted by Gasteiger charge is -2.20. The van der Waals surface area contributed by atoms with Gasteiger partial charge in [-0.15, -0.1) is 0 Å². The van der Waals surface area contributed by atoms with Crippen LogP contribution in [0.1, 0.15) is 90.2 Å². The van der Waals surface area contributed by atoms with E-state index < -0.39 is 23.4 Å². The van der Waals surface area contributed by atoms with Gasteiger partial charge in [-0.3, -0.25) is 10.6 Å². The second kappa shape index (κ2) is 11.0. The molecule has 0 aliphatic heterocycles. The predicted molar refractivity (Wildman–Crippen MR) is 144 cm³/mol. The Morgan fingerprint density at radius 3 is 1.77 bits per heavy atom. The molecule has 0 spiro atoms. The molecule has 2 fully saturated rings. The molecule has 2 N–H and O–H groups in total. The molecule has 0 heterocycles. The van der Waals surface area contributed by atoms with E-state index in [1.807, 2.05) is 77.9 Å². The molecule has 190 valence electrons. The SMILES string of the molecule is CC(C)(C)OC(=O)Nc1ccc(Br)c(C2CC2)c1.CC(C)(C)OC(=O)Nc1cccc(C2CC2)c1. The van der Waals surface area contributed by atoms with Crippen LogP contribution in [0.2, 0.25) is 0 Å². The van der Waals surface area contributed by atoms with Gasteiger partial charge in [0.15, 0.2) is 0 Å². The molecule has 2 aromatic rings. The first-order valence-electron chi connectivity index (χ1n) is 12.2. The van der Waals surface area contributed by atoms with Gasteiger partial charge in [-0.05, 0) is 121 Å². The highest BCUT2D eigenvalue weighted by molar-refractivity contribution is 9.10. The summed E-state index contributed by atoms with van der Waals surface area (Å²) in [7, 11) is 0. The second-order valence-corrected chi connectivity index (χ2v) is 12.0. The highest BCUT2D eigenvalue weighted by atomic mass is 79.9. The molecular formula is C28H37BrN2O4. The molecule has 0 radical (unpaired) electrons. The Morgan fingerprint density at radius 2 is 1.29 bits per heavy atom. The average Bonchev–Trinajstić information content (AvgIpc) is 3.60. The van der Waals surface area contributed by atoms with E-state index in [0.29, 0.717) is 11.8 Å². The molecule has 0 aromatic heterocycles.